The van der Waals surface area contributed by atoms with Gasteiger partial charge in [-0.05, 0) is 0 Å². The minimum absolute atomic E-state index is 2.88. The maximum absolute atomic E-state index is 9.87. The van der Waals surface area contributed by atoms with Crippen molar-refractivity contribution in [3.8, 4) is 0 Å². The molecule has 0 rings (SSSR count). The van der Waals surface area contributed by atoms with Gasteiger partial charge in [0.05, 0.1) is 0 Å². The SMILES string of the molecule is OC(Cl)(Cl)C(Cl)(Cl)C(Cl)(Cl)C(Cl)(Cl)C(Cl)(Cl)C(Cl)(Cl)C(Cl)(Cl)C(Cl)(C(Cl)(Cl)Cl)C(Cl)(Cl)Cl. The highest BCUT2D eigenvalue weighted by molar-refractivity contribution is 6.83. The standard InChI is InChI=1S/C10HCl21O/c11-1(8(24,25)26,9(27,28)29)2(12,13)3(14,15)4(16,17)5(18,19)6(20,21)7(22,23)10(30,31)32/h32H. The largest absolute Gasteiger partial charge is 0.360 e. The van der Waals surface area contributed by atoms with Gasteiger partial charge in [0.15, 0.2) is 26.5 Å². The smallest absolute Gasteiger partial charge is 0.251 e. The minimum atomic E-state index is -3.28. The molecular weight excluding hydrogens is 881 g/mol. The molecule has 0 spiro atoms. The second kappa shape index (κ2) is 11.0. The van der Waals surface area contributed by atoms with E-state index < -0.39 is 43.0 Å². The third-order valence-electron chi connectivity index (χ3n) is 3.56. The van der Waals surface area contributed by atoms with Crippen LogP contribution >= 0.6 is 244 Å². The lowest BCUT2D eigenvalue weighted by Crippen LogP contribution is -2.74. The summed E-state index contributed by atoms with van der Waals surface area (Å²) < 4.78 is -28.2. The lowest BCUT2D eigenvalue weighted by molar-refractivity contribution is 0.181. The molecule has 1 nitrogen and oxygen atoms in total. The molecule has 0 aromatic rings. The first-order valence-electron chi connectivity index (χ1n) is 6.44. The molecule has 0 atom stereocenters. The Balaban J connectivity index is 7.19. The van der Waals surface area contributed by atoms with Gasteiger partial charge in [0, 0.05) is 0 Å². The average molecular weight is 882 g/mol. The summed E-state index contributed by atoms with van der Waals surface area (Å²) in [5.74, 6) is 0. The molecule has 0 saturated carbocycles. The van der Waals surface area contributed by atoms with Crippen LogP contribution in [0.25, 0.3) is 0 Å². The van der Waals surface area contributed by atoms with Crippen LogP contribution in [0.2, 0.25) is 0 Å². The molecule has 0 radical (unpaired) electrons. The van der Waals surface area contributed by atoms with Gasteiger partial charge in [0.1, 0.15) is 0 Å². The summed E-state index contributed by atoms with van der Waals surface area (Å²) in [7, 11) is 0. The second-order valence-corrected chi connectivity index (χ2v) is 20.0. The zero-order valence-electron chi connectivity index (χ0n) is 13.4. The highest BCUT2D eigenvalue weighted by Crippen LogP contribution is 2.75. The van der Waals surface area contributed by atoms with Crippen LogP contribution in [0.3, 0.4) is 0 Å². The van der Waals surface area contributed by atoms with Gasteiger partial charge in [-0.15, -0.1) is 11.6 Å². The first-order valence-corrected chi connectivity index (χ1v) is 14.4. The highest BCUT2D eigenvalue weighted by atomic mass is 35.6. The van der Waals surface area contributed by atoms with Gasteiger partial charge < -0.3 is 5.11 Å². The molecule has 0 bridgehead atoms. The minimum Gasteiger partial charge on any atom is -0.360 e. The van der Waals surface area contributed by atoms with Gasteiger partial charge in [-0.25, -0.2) is 0 Å². The third-order valence-corrected chi connectivity index (χ3v) is 16.6. The van der Waals surface area contributed by atoms with Crippen LogP contribution in [0.5, 0.6) is 0 Å². The van der Waals surface area contributed by atoms with E-state index >= 15 is 0 Å². The van der Waals surface area contributed by atoms with Crippen LogP contribution in [0.15, 0.2) is 0 Å². The fraction of sp³-hybridized carbons (Fsp3) is 1.00. The van der Waals surface area contributed by atoms with E-state index in [1.807, 2.05) is 0 Å². The fourth-order valence-corrected chi connectivity index (χ4v) is 9.31. The molecule has 22 heteroatoms. The molecule has 0 aromatic heterocycles. The molecule has 1 N–H and O–H groups in total. The zero-order valence-corrected chi connectivity index (χ0v) is 29.3. The molecule has 194 valence electrons. The van der Waals surface area contributed by atoms with Crippen molar-refractivity contribution >= 4 is 244 Å². The topological polar surface area (TPSA) is 20.2 Å². The Bertz CT molecular complexity index is 675. The maximum atomic E-state index is 9.87. The quantitative estimate of drug-likeness (QED) is 0.253. The first-order chi connectivity index (χ1) is 13.2. The van der Waals surface area contributed by atoms with Gasteiger partial charge in [-0.3, -0.25) is 0 Å². The lowest BCUT2D eigenvalue weighted by Gasteiger charge is -2.57. The second-order valence-electron chi connectivity index (χ2n) is 5.64. The van der Waals surface area contributed by atoms with Gasteiger partial charge in [-0.1, -0.05) is 232 Å². The molecule has 0 aliphatic rings. The number of halogens is 21. The van der Waals surface area contributed by atoms with E-state index in [1.165, 1.54) is 0 Å². The molecule has 32 heavy (non-hydrogen) atoms. The number of hydrogen-bond donors (Lipinski definition) is 1. The Morgan fingerprint density at radius 3 is 0.656 bits per heavy atom. The molecule has 0 fully saturated rings. The van der Waals surface area contributed by atoms with Crippen molar-refractivity contribution in [2.45, 2.75) is 43.0 Å². The molecule has 0 heterocycles. The summed E-state index contributed by atoms with van der Waals surface area (Å²) in [5.41, 5.74) is 0. The highest BCUT2D eigenvalue weighted by Gasteiger charge is 2.84. The first kappa shape index (κ1) is 38.0. The Morgan fingerprint density at radius 2 is 0.469 bits per heavy atom. The van der Waals surface area contributed by atoms with Crippen molar-refractivity contribution < 1.29 is 5.11 Å². The summed E-state index contributed by atoms with van der Waals surface area (Å²) in [5, 5.41) is 9.87. The molecule has 0 saturated heterocycles. The molecule has 0 aliphatic heterocycles. The van der Waals surface area contributed by atoms with Crippen molar-refractivity contribution in [2.75, 3.05) is 0 Å². The van der Waals surface area contributed by atoms with Gasteiger partial charge in [0.2, 0.25) is 11.9 Å². The number of alkyl halides is 21. The Labute approximate surface area is 287 Å². The van der Waals surface area contributed by atoms with Crippen molar-refractivity contribution in [3.05, 3.63) is 0 Å². The Kier molecular flexibility index (Phi) is 13.1. The van der Waals surface area contributed by atoms with Gasteiger partial charge in [-0.2, -0.15) is 0 Å². The van der Waals surface area contributed by atoms with E-state index in [9.17, 15) is 5.11 Å². The normalized spacial score (nSPS) is 17.1. The van der Waals surface area contributed by atoms with E-state index in [1.54, 1.807) is 0 Å². The van der Waals surface area contributed by atoms with Crippen LogP contribution < -0.4 is 0 Å². The summed E-state index contributed by atoms with van der Waals surface area (Å²) in [6, 6.07) is 0. The van der Waals surface area contributed by atoms with Crippen LogP contribution in [0, 0.1) is 0 Å². The third kappa shape index (κ3) is 5.84. The van der Waals surface area contributed by atoms with Gasteiger partial charge >= 0.3 is 0 Å². The van der Waals surface area contributed by atoms with Crippen LogP contribution in [-0.2, 0) is 0 Å². The van der Waals surface area contributed by atoms with Crippen molar-refractivity contribution in [2.24, 2.45) is 0 Å². The Morgan fingerprint density at radius 1 is 0.281 bits per heavy atom. The number of rotatable bonds is 7. The summed E-state index contributed by atoms with van der Waals surface area (Å²) in [4.78, 5) is -3.09. The zero-order chi connectivity index (χ0) is 27.0. The van der Waals surface area contributed by atoms with E-state index in [0.29, 0.717) is 0 Å². The van der Waals surface area contributed by atoms with Crippen LogP contribution in [0.4, 0.5) is 0 Å². The number of aliphatic hydroxyl groups is 1. The molecule has 0 unspecified atom stereocenters. The summed E-state index contributed by atoms with van der Waals surface area (Å²) in [6.45, 7) is 0. The fourth-order valence-electron chi connectivity index (χ4n) is 1.71. The molecule has 0 aliphatic carbocycles. The summed E-state index contributed by atoms with van der Waals surface area (Å²) in [6.07, 6.45) is 0. The molecule has 0 aromatic carbocycles. The van der Waals surface area contributed by atoms with Crippen molar-refractivity contribution in [1.82, 2.24) is 0 Å². The van der Waals surface area contributed by atoms with E-state index in [4.69, 9.17) is 244 Å². The van der Waals surface area contributed by atoms with E-state index in [2.05, 4.69) is 0 Å². The van der Waals surface area contributed by atoms with Crippen LogP contribution in [0.1, 0.15) is 0 Å². The predicted octanol–water partition coefficient (Wildman–Crippen LogP) is 11.9. The molecule has 0 amide bonds. The van der Waals surface area contributed by atoms with E-state index in [-0.39, 0.29) is 0 Å². The monoisotopic (exact) mass is 871 g/mol. The average Bonchev–Trinajstić information content (AvgIpc) is 2.49. The van der Waals surface area contributed by atoms with Crippen molar-refractivity contribution in [1.29, 1.82) is 0 Å². The number of hydrogen-bond acceptors (Lipinski definition) is 1. The van der Waals surface area contributed by atoms with Crippen molar-refractivity contribution in [3.63, 3.8) is 0 Å². The van der Waals surface area contributed by atoms with Crippen LogP contribution in [-0.4, -0.2) is 48.1 Å². The Hall–Kier alpha value is 6.05. The molecular formula is C10HCl21O. The summed E-state index contributed by atoms with van der Waals surface area (Å²) >= 11 is 126. The van der Waals surface area contributed by atoms with Gasteiger partial charge in [0.25, 0.3) is 4.52 Å². The van der Waals surface area contributed by atoms with E-state index in [0.717, 1.165) is 0 Å². The lowest BCUT2D eigenvalue weighted by atomic mass is 9.97. The maximum Gasteiger partial charge on any atom is 0.251 e. The predicted molar refractivity (Wildman–Crippen MR) is 152 cm³/mol.